The Morgan fingerprint density at radius 1 is 1.26 bits per heavy atom. The van der Waals surface area contributed by atoms with Crippen LogP contribution >= 0.6 is 0 Å². The molecule has 110 valence electrons. The maximum absolute atomic E-state index is 11.8. The molecule has 1 fully saturated rings. The summed E-state index contributed by atoms with van der Waals surface area (Å²) < 4.78 is 4.72. The third-order valence-electron chi connectivity index (χ3n) is 3.43. The molecule has 0 aliphatic heterocycles. The molecule has 0 aromatic heterocycles. The number of carbonyl (C=O) groups is 2. The Kier molecular flexibility index (Phi) is 6.84. The average Bonchev–Trinajstić information content (AvgIpc) is 2.87. The molecule has 1 saturated carbocycles. The molecule has 0 aromatic rings. The molecular weight excluding hydrogens is 244 g/mol. The SMILES string of the molecule is COC(=O)[C@H](CC(C)C)NC(=O)CNC1CCCC1. The van der Waals surface area contributed by atoms with E-state index < -0.39 is 6.04 Å². The first kappa shape index (κ1) is 16.0. The summed E-state index contributed by atoms with van der Waals surface area (Å²) in [5.74, 6) is -0.182. The third-order valence-corrected chi connectivity index (χ3v) is 3.43. The lowest BCUT2D eigenvalue weighted by molar-refractivity contribution is -0.145. The van der Waals surface area contributed by atoms with E-state index in [1.54, 1.807) is 0 Å². The highest BCUT2D eigenvalue weighted by Crippen LogP contribution is 2.17. The zero-order valence-electron chi connectivity index (χ0n) is 12.2. The van der Waals surface area contributed by atoms with Crippen LogP contribution in [-0.2, 0) is 14.3 Å². The van der Waals surface area contributed by atoms with Crippen molar-refractivity contribution >= 4 is 11.9 Å². The summed E-state index contributed by atoms with van der Waals surface area (Å²) in [7, 11) is 1.35. The lowest BCUT2D eigenvalue weighted by Gasteiger charge is -2.19. The van der Waals surface area contributed by atoms with E-state index in [1.807, 2.05) is 13.8 Å². The van der Waals surface area contributed by atoms with Crippen molar-refractivity contribution < 1.29 is 14.3 Å². The van der Waals surface area contributed by atoms with Gasteiger partial charge in [-0.3, -0.25) is 4.79 Å². The minimum Gasteiger partial charge on any atom is -0.467 e. The van der Waals surface area contributed by atoms with Crippen LogP contribution in [0.2, 0.25) is 0 Å². The molecular formula is C14H26N2O3. The average molecular weight is 270 g/mol. The van der Waals surface area contributed by atoms with Crippen molar-refractivity contribution in [1.82, 2.24) is 10.6 Å². The summed E-state index contributed by atoms with van der Waals surface area (Å²) in [6.45, 7) is 4.30. The van der Waals surface area contributed by atoms with Gasteiger partial charge in [-0.15, -0.1) is 0 Å². The number of esters is 1. The van der Waals surface area contributed by atoms with Gasteiger partial charge in [-0.05, 0) is 25.2 Å². The first-order valence-electron chi connectivity index (χ1n) is 7.13. The van der Waals surface area contributed by atoms with E-state index in [1.165, 1.54) is 20.0 Å². The number of rotatable bonds is 7. The predicted octanol–water partition coefficient (Wildman–Crippen LogP) is 1.22. The van der Waals surface area contributed by atoms with Crippen molar-refractivity contribution in [3.05, 3.63) is 0 Å². The number of amides is 1. The predicted molar refractivity (Wildman–Crippen MR) is 73.7 cm³/mol. The van der Waals surface area contributed by atoms with E-state index in [0.29, 0.717) is 18.4 Å². The zero-order valence-corrected chi connectivity index (χ0v) is 12.2. The smallest absolute Gasteiger partial charge is 0.328 e. The molecule has 0 spiro atoms. The number of hydrogen-bond donors (Lipinski definition) is 2. The molecule has 0 saturated heterocycles. The Hall–Kier alpha value is -1.10. The summed E-state index contributed by atoms with van der Waals surface area (Å²) in [6, 6.07) is -0.0877. The molecule has 1 aliphatic rings. The zero-order chi connectivity index (χ0) is 14.3. The first-order valence-corrected chi connectivity index (χ1v) is 7.13. The molecule has 2 N–H and O–H groups in total. The Bertz CT molecular complexity index is 299. The monoisotopic (exact) mass is 270 g/mol. The van der Waals surface area contributed by atoms with Crippen LogP contribution in [0, 0.1) is 5.92 Å². The summed E-state index contributed by atoms with van der Waals surface area (Å²) in [5, 5.41) is 5.98. The van der Waals surface area contributed by atoms with Gasteiger partial charge in [-0.1, -0.05) is 26.7 Å². The molecule has 1 atom stereocenters. The number of carbonyl (C=O) groups excluding carboxylic acids is 2. The van der Waals surface area contributed by atoms with Gasteiger partial charge in [-0.2, -0.15) is 0 Å². The Morgan fingerprint density at radius 2 is 1.89 bits per heavy atom. The van der Waals surface area contributed by atoms with Crippen LogP contribution < -0.4 is 10.6 Å². The highest BCUT2D eigenvalue weighted by atomic mass is 16.5. The molecule has 0 unspecified atom stereocenters. The Balaban J connectivity index is 2.34. The van der Waals surface area contributed by atoms with Gasteiger partial charge in [0.15, 0.2) is 0 Å². The highest BCUT2D eigenvalue weighted by Gasteiger charge is 2.23. The molecule has 1 amide bonds. The summed E-state index contributed by atoms with van der Waals surface area (Å²) in [6.07, 6.45) is 5.34. The standard InChI is InChI=1S/C14H26N2O3/c1-10(2)8-12(14(18)19-3)16-13(17)9-15-11-6-4-5-7-11/h10-12,15H,4-9H2,1-3H3,(H,16,17)/t12-/m0/s1. The maximum Gasteiger partial charge on any atom is 0.328 e. The number of methoxy groups -OCH3 is 1. The van der Waals surface area contributed by atoms with Crippen molar-refractivity contribution in [1.29, 1.82) is 0 Å². The number of ether oxygens (including phenoxy) is 1. The lowest BCUT2D eigenvalue weighted by atomic mass is 10.0. The topological polar surface area (TPSA) is 67.4 Å². The van der Waals surface area contributed by atoms with Gasteiger partial charge in [0.25, 0.3) is 0 Å². The first-order chi connectivity index (χ1) is 9.02. The molecule has 0 bridgehead atoms. The molecule has 5 nitrogen and oxygen atoms in total. The molecule has 0 radical (unpaired) electrons. The number of hydrogen-bond acceptors (Lipinski definition) is 4. The highest BCUT2D eigenvalue weighted by molar-refractivity contribution is 5.85. The second-order valence-corrected chi connectivity index (χ2v) is 5.64. The molecule has 1 aliphatic carbocycles. The van der Waals surface area contributed by atoms with Gasteiger partial charge in [-0.25, -0.2) is 4.79 Å². The Labute approximate surface area is 115 Å². The van der Waals surface area contributed by atoms with Crippen LogP contribution in [0.5, 0.6) is 0 Å². The van der Waals surface area contributed by atoms with Gasteiger partial charge >= 0.3 is 5.97 Å². The fraction of sp³-hybridized carbons (Fsp3) is 0.857. The minimum absolute atomic E-state index is 0.136. The van der Waals surface area contributed by atoms with Crippen LogP contribution in [-0.4, -0.2) is 37.6 Å². The van der Waals surface area contributed by atoms with Crippen molar-refractivity contribution in [3.8, 4) is 0 Å². The van der Waals surface area contributed by atoms with Crippen LogP contribution in [0.3, 0.4) is 0 Å². The maximum atomic E-state index is 11.8. The van der Waals surface area contributed by atoms with Gasteiger partial charge in [0.2, 0.25) is 5.91 Å². The molecule has 0 heterocycles. The summed E-state index contributed by atoms with van der Waals surface area (Å²) in [4.78, 5) is 23.4. The fourth-order valence-corrected chi connectivity index (χ4v) is 2.44. The van der Waals surface area contributed by atoms with E-state index >= 15 is 0 Å². The van der Waals surface area contributed by atoms with Crippen LogP contribution in [0.25, 0.3) is 0 Å². The van der Waals surface area contributed by atoms with Gasteiger partial charge < -0.3 is 15.4 Å². The molecule has 1 rings (SSSR count). The van der Waals surface area contributed by atoms with Crippen LogP contribution in [0.15, 0.2) is 0 Å². The third kappa shape index (κ3) is 6.05. The van der Waals surface area contributed by atoms with E-state index in [2.05, 4.69) is 10.6 Å². The van der Waals surface area contributed by atoms with Gasteiger partial charge in [0.1, 0.15) is 6.04 Å². The van der Waals surface area contributed by atoms with E-state index in [4.69, 9.17) is 4.74 Å². The van der Waals surface area contributed by atoms with Crippen LogP contribution in [0.4, 0.5) is 0 Å². The second kappa shape index (κ2) is 8.15. The van der Waals surface area contributed by atoms with Gasteiger partial charge in [0.05, 0.1) is 13.7 Å². The quantitative estimate of drug-likeness (QED) is 0.683. The summed E-state index contributed by atoms with van der Waals surface area (Å²) >= 11 is 0. The van der Waals surface area contributed by atoms with E-state index in [9.17, 15) is 9.59 Å². The number of nitrogens with one attached hydrogen (secondary N) is 2. The van der Waals surface area contributed by atoms with Crippen molar-refractivity contribution in [2.75, 3.05) is 13.7 Å². The lowest BCUT2D eigenvalue weighted by Crippen LogP contribution is -2.46. The normalized spacial score (nSPS) is 17.5. The van der Waals surface area contributed by atoms with Gasteiger partial charge in [0, 0.05) is 6.04 Å². The van der Waals surface area contributed by atoms with E-state index in [0.717, 1.165) is 12.8 Å². The van der Waals surface area contributed by atoms with Crippen LogP contribution in [0.1, 0.15) is 46.0 Å². The molecule has 19 heavy (non-hydrogen) atoms. The summed E-state index contributed by atoms with van der Waals surface area (Å²) in [5.41, 5.74) is 0. The van der Waals surface area contributed by atoms with E-state index in [-0.39, 0.29) is 18.4 Å². The van der Waals surface area contributed by atoms with Crippen molar-refractivity contribution in [3.63, 3.8) is 0 Å². The second-order valence-electron chi connectivity index (χ2n) is 5.64. The fourth-order valence-electron chi connectivity index (χ4n) is 2.44. The van der Waals surface area contributed by atoms with Crippen molar-refractivity contribution in [2.24, 2.45) is 5.92 Å². The molecule has 0 aromatic carbocycles. The van der Waals surface area contributed by atoms with Crippen molar-refractivity contribution in [2.45, 2.75) is 58.0 Å². The largest absolute Gasteiger partial charge is 0.467 e. The Morgan fingerprint density at radius 3 is 2.42 bits per heavy atom. The minimum atomic E-state index is -0.539. The molecule has 5 heteroatoms.